The molecule has 0 fully saturated rings. The predicted octanol–water partition coefficient (Wildman–Crippen LogP) is 2.94. The van der Waals surface area contributed by atoms with Crippen molar-refractivity contribution >= 4 is 11.8 Å². The molecule has 5 nitrogen and oxygen atoms in total. The molecule has 0 aliphatic rings. The summed E-state index contributed by atoms with van der Waals surface area (Å²) in [6.45, 7) is 5.00. The summed E-state index contributed by atoms with van der Waals surface area (Å²) in [7, 11) is 0. The van der Waals surface area contributed by atoms with Crippen molar-refractivity contribution < 1.29 is 18.1 Å². The van der Waals surface area contributed by atoms with Crippen molar-refractivity contribution in [1.82, 2.24) is 10.5 Å². The maximum absolute atomic E-state index is 13.7. The van der Waals surface area contributed by atoms with Gasteiger partial charge in [-0.2, -0.15) is 0 Å². The largest absolute Gasteiger partial charge is 0.338 e. The second kappa shape index (κ2) is 6.65. The number of halogens is 2. The van der Waals surface area contributed by atoms with Crippen LogP contribution in [-0.2, 0) is 4.79 Å². The average molecular weight is 309 g/mol. The Morgan fingerprint density at radius 2 is 2.00 bits per heavy atom. The number of rotatable bonds is 5. The molecule has 2 atom stereocenters. The van der Waals surface area contributed by atoms with Gasteiger partial charge in [0.05, 0.1) is 11.7 Å². The molecule has 7 heteroatoms. The zero-order valence-corrected chi connectivity index (χ0v) is 12.5. The van der Waals surface area contributed by atoms with E-state index >= 15 is 0 Å². The first-order valence-corrected chi connectivity index (χ1v) is 6.82. The molecule has 0 saturated heterocycles. The van der Waals surface area contributed by atoms with Gasteiger partial charge < -0.3 is 4.52 Å². The number of amides is 1. The van der Waals surface area contributed by atoms with Gasteiger partial charge >= 0.3 is 0 Å². The molecule has 2 aromatic rings. The molecular weight excluding hydrogens is 292 g/mol. The Kier molecular flexibility index (Phi) is 4.87. The van der Waals surface area contributed by atoms with Gasteiger partial charge in [0.2, 0.25) is 11.8 Å². The second-order valence-electron chi connectivity index (χ2n) is 5.10. The van der Waals surface area contributed by atoms with E-state index in [-0.39, 0.29) is 17.4 Å². The van der Waals surface area contributed by atoms with Crippen LogP contribution in [0.25, 0.3) is 0 Å². The number of aryl methyl sites for hydroxylation is 1. The van der Waals surface area contributed by atoms with E-state index in [1.54, 1.807) is 26.8 Å². The maximum Gasteiger partial charge on any atom is 0.243 e. The molecule has 1 amide bonds. The number of carbonyl (C=O) groups excluding carboxylic acids is 1. The number of nitrogens with zero attached hydrogens (tertiary/aromatic N) is 1. The average Bonchev–Trinajstić information content (AvgIpc) is 2.86. The number of carbonyl (C=O) groups is 1. The van der Waals surface area contributed by atoms with Gasteiger partial charge in [-0.25, -0.2) is 8.78 Å². The minimum absolute atomic E-state index is 0.162. The lowest BCUT2D eigenvalue weighted by Gasteiger charge is -2.20. The highest BCUT2D eigenvalue weighted by atomic mass is 19.1. The number of aromatic nitrogens is 1. The van der Waals surface area contributed by atoms with E-state index in [4.69, 9.17) is 4.52 Å². The summed E-state index contributed by atoms with van der Waals surface area (Å²) < 4.78 is 31.8. The summed E-state index contributed by atoms with van der Waals surface area (Å²) in [4.78, 5) is 12.0. The maximum atomic E-state index is 13.7. The Morgan fingerprint density at radius 1 is 1.27 bits per heavy atom. The molecule has 0 bridgehead atoms. The molecule has 0 radical (unpaired) electrons. The highest BCUT2D eigenvalue weighted by Gasteiger charge is 2.19. The van der Waals surface area contributed by atoms with Crippen LogP contribution in [0.15, 0.2) is 28.8 Å². The van der Waals surface area contributed by atoms with E-state index < -0.39 is 23.7 Å². The molecule has 0 spiro atoms. The molecule has 1 aromatic carbocycles. The Labute approximate surface area is 126 Å². The summed E-state index contributed by atoms with van der Waals surface area (Å²) in [5, 5.41) is 9.11. The standard InChI is InChI=1S/C15H17F2N3O2/c1-8-6-14(22-20-8)19-15(21)10(3)18-9(2)12-7-11(16)4-5-13(12)17/h4-7,9-10,18H,1-3H3,(H,19,21)/t9-,10-/m1/s1. The Balaban J connectivity index is 1.99. The second-order valence-corrected chi connectivity index (χ2v) is 5.10. The summed E-state index contributed by atoms with van der Waals surface area (Å²) in [6.07, 6.45) is 0. The highest BCUT2D eigenvalue weighted by molar-refractivity contribution is 5.93. The smallest absolute Gasteiger partial charge is 0.243 e. The van der Waals surface area contributed by atoms with E-state index in [1.807, 2.05) is 0 Å². The lowest BCUT2D eigenvalue weighted by Crippen LogP contribution is -2.39. The van der Waals surface area contributed by atoms with Crippen molar-refractivity contribution in [3.8, 4) is 0 Å². The quantitative estimate of drug-likeness (QED) is 0.891. The fourth-order valence-corrected chi connectivity index (χ4v) is 2.04. The summed E-state index contributed by atoms with van der Waals surface area (Å²) in [6, 6.07) is 3.63. The van der Waals surface area contributed by atoms with Crippen LogP contribution in [-0.4, -0.2) is 17.1 Å². The van der Waals surface area contributed by atoms with Crippen LogP contribution in [0.1, 0.15) is 31.1 Å². The molecule has 2 N–H and O–H groups in total. The monoisotopic (exact) mass is 309 g/mol. The van der Waals surface area contributed by atoms with Gasteiger partial charge in [0, 0.05) is 17.7 Å². The summed E-state index contributed by atoms with van der Waals surface area (Å²) >= 11 is 0. The van der Waals surface area contributed by atoms with Crippen LogP contribution < -0.4 is 10.6 Å². The van der Waals surface area contributed by atoms with Crippen LogP contribution in [0.2, 0.25) is 0 Å². The molecule has 0 aliphatic heterocycles. The molecule has 118 valence electrons. The van der Waals surface area contributed by atoms with Crippen LogP contribution >= 0.6 is 0 Å². The van der Waals surface area contributed by atoms with Crippen molar-refractivity contribution in [2.24, 2.45) is 0 Å². The van der Waals surface area contributed by atoms with Gasteiger partial charge in [0.25, 0.3) is 0 Å². The first kappa shape index (κ1) is 16.1. The third-order valence-corrected chi connectivity index (χ3v) is 3.19. The Hall–Kier alpha value is -2.28. The number of nitrogens with one attached hydrogen (secondary N) is 2. The molecule has 0 saturated carbocycles. The van der Waals surface area contributed by atoms with E-state index in [1.165, 1.54) is 0 Å². The first-order chi connectivity index (χ1) is 10.4. The number of benzene rings is 1. The third-order valence-electron chi connectivity index (χ3n) is 3.19. The predicted molar refractivity (Wildman–Crippen MR) is 77.2 cm³/mol. The van der Waals surface area contributed by atoms with Crippen molar-refractivity contribution in [2.45, 2.75) is 32.9 Å². The molecule has 0 aliphatic carbocycles. The summed E-state index contributed by atoms with van der Waals surface area (Å²) in [5.41, 5.74) is 0.807. The minimum Gasteiger partial charge on any atom is -0.338 e. The Bertz CT molecular complexity index is 673. The SMILES string of the molecule is Cc1cc(NC(=O)[C@@H](C)N[C@H](C)c2cc(F)ccc2F)on1. The van der Waals surface area contributed by atoms with Crippen LogP contribution in [0.3, 0.4) is 0 Å². The number of anilines is 1. The fraction of sp³-hybridized carbons (Fsp3) is 0.333. The van der Waals surface area contributed by atoms with Crippen LogP contribution in [0, 0.1) is 18.6 Å². The zero-order chi connectivity index (χ0) is 16.3. The van der Waals surface area contributed by atoms with Gasteiger partial charge in [-0.3, -0.25) is 15.4 Å². The van der Waals surface area contributed by atoms with Crippen LogP contribution in [0.4, 0.5) is 14.7 Å². The molecule has 22 heavy (non-hydrogen) atoms. The van der Waals surface area contributed by atoms with Gasteiger partial charge in [-0.1, -0.05) is 5.16 Å². The van der Waals surface area contributed by atoms with Crippen LogP contribution in [0.5, 0.6) is 0 Å². The molecule has 2 rings (SSSR count). The van der Waals surface area contributed by atoms with Crippen molar-refractivity contribution in [2.75, 3.05) is 5.32 Å². The lowest BCUT2D eigenvalue weighted by atomic mass is 10.1. The molecule has 1 aromatic heterocycles. The van der Waals surface area contributed by atoms with Crippen molar-refractivity contribution in [3.05, 3.63) is 47.2 Å². The first-order valence-electron chi connectivity index (χ1n) is 6.82. The third kappa shape index (κ3) is 3.88. The van der Waals surface area contributed by atoms with Gasteiger partial charge in [0.1, 0.15) is 11.6 Å². The van der Waals surface area contributed by atoms with Crippen molar-refractivity contribution in [1.29, 1.82) is 0 Å². The van der Waals surface area contributed by atoms with E-state index in [2.05, 4.69) is 15.8 Å². The van der Waals surface area contributed by atoms with Gasteiger partial charge in [-0.15, -0.1) is 0 Å². The van der Waals surface area contributed by atoms with E-state index in [0.717, 1.165) is 18.2 Å². The zero-order valence-electron chi connectivity index (χ0n) is 12.5. The molecule has 0 unspecified atom stereocenters. The van der Waals surface area contributed by atoms with Crippen molar-refractivity contribution in [3.63, 3.8) is 0 Å². The topological polar surface area (TPSA) is 67.2 Å². The normalized spacial score (nSPS) is 13.7. The molecular formula is C15H17F2N3O2. The van der Waals surface area contributed by atoms with E-state index in [0.29, 0.717) is 5.69 Å². The highest BCUT2D eigenvalue weighted by Crippen LogP contribution is 2.18. The Morgan fingerprint density at radius 3 is 2.64 bits per heavy atom. The van der Waals surface area contributed by atoms with E-state index in [9.17, 15) is 13.6 Å². The lowest BCUT2D eigenvalue weighted by molar-refractivity contribution is -0.118. The van der Waals surface area contributed by atoms with Gasteiger partial charge in [0.15, 0.2) is 0 Å². The number of hydrogen-bond donors (Lipinski definition) is 2. The van der Waals surface area contributed by atoms with Gasteiger partial charge in [-0.05, 0) is 39.0 Å². The fourth-order valence-electron chi connectivity index (χ4n) is 2.04. The minimum atomic E-state index is -0.636. The number of hydrogen-bond acceptors (Lipinski definition) is 4. The molecule has 1 heterocycles. The summed E-state index contributed by atoms with van der Waals surface area (Å²) in [5.74, 6) is -1.18.